The van der Waals surface area contributed by atoms with Gasteiger partial charge in [-0.25, -0.2) is 4.68 Å². The number of fused-ring (bicyclic) bond motifs is 2. The van der Waals surface area contributed by atoms with Crippen LogP contribution in [0.25, 0.3) is 0 Å². The van der Waals surface area contributed by atoms with Gasteiger partial charge in [0.2, 0.25) is 18.6 Å². The molecule has 27 heavy (non-hydrogen) atoms. The number of carbonyl (C=O) groups is 2. The maximum absolute atomic E-state index is 12.9. The average molecular weight is 370 g/mol. The second-order valence-corrected chi connectivity index (χ2v) is 6.71. The smallest absolute Gasteiger partial charge is 0.243 e. The highest BCUT2D eigenvalue weighted by Gasteiger charge is 2.34. The van der Waals surface area contributed by atoms with Gasteiger partial charge in [0.1, 0.15) is 11.9 Å². The van der Waals surface area contributed by atoms with E-state index in [-0.39, 0.29) is 18.6 Å². The van der Waals surface area contributed by atoms with Gasteiger partial charge < -0.3 is 14.8 Å². The van der Waals surface area contributed by atoms with Gasteiger partial charge in [-0.1, -0.05) is 13.0 Å². The SMILES string of the molecule is CC[C@H](C(=O)NCc1ccc2c(c1)OCO2)N1C(=O)CCn2nc(C)cc21. The summed E-state index contributed by atoms with van der Waals surface area (Å²) in [5, 5.41) is 7.34. The first kappa shape index (κ1) is 17.4. The molecule has 142 valence electrons. The minimum absolute atomic E-state index is 0.0486. The molecule has 0 bridgehead atoms. The molecule has 2 aliphatic rings. The number of rotatable bonds is 5. The van der Waals surface area contributed by atoms with Gasteiger partial charge >= 0.3 is 0 Å². The summed E-state index contributed by atoms with van der Waals surface area (Å²) in [6.45, 7) is 4.90. The molecule has 0 fully saturated rings. The van der Waals surface area contributed by atoms with Crippen molar-refractivity contribution >= 4 is 17.6 Å². The van der Waals surface area contributed by atoms with Gasteiger partial charge in [-0.2, -0.15) is 5.10 Å². The van der Waals surface area contributed by atoms with Crippen molar-refractivity contribution in [3.8, 4) is 11.5 Å². The summed E-state index contributed by atoms with van der Waals surface area (Å²) in [6, 6.07) is 6.86. The van der Waals surface area contributed by atoms with Crippen molar-refractivity contribution in [1.29, 1.82) is 0 Å². The lowest BCUT2D eigenvalue weighted by Gasteiger charge is -2.33. The number of aryl methyl sites for hydroxylation is 2. The van der Waals surface area contributed by atoms with Crippen LogP contribution in [0.5, 0.6) is 11.5 Å². The monoisotopic (exact) mass is 370 g/mol. The molecule has 1 aromatic carbocycles. The number of amides is 2. The summed E-state index contributed by atoms with van der Waals surface area (Å²) in [7, 11) is 0. The molecule has 1 atom stereocenters. The number of hydrogen-bond acceptors (Lipinski definition) is 5. The molecule has 0 radical (unpaired) electrons. The zero-order valence-corrected chi connectivity index (χ0v) is 15.4. The van der Waals surface area contributed by atoms with Crippen LogP contribution in [0, 0.1) is 6.92 Å². The molecule has 0 saturated carbocycles. The zero-order valence-electron chi connectivity index (χ0n) is 15.4. The Morgan fingerprint density at radius 2 is 2.11 bits per heavy atom. The Morgan fingerprint density at radius 1 is 1.30 bits per heavy atom. The topological polar surface area (TPSA) is 85.7 Å². The average Bonchev–Trinajstić information content (AvgIpc) is 3.27. The normalized spacial score (nSPS) is 16.2. The van der Waals surface area contributed by atoms with Gasteiger partial charge in [0.15, 0.2) is 11.5 Å². The number of aromatic nitrogens is 2. The molecule has 0 spiro atoms. The number of nitrogens with zero attached hydrogens (tertiary/aromatic N) is 3. The Labute approximate surface area is 157 Å². The van der Waals surface area contributed by atoms with Crippen LogP contribution in [0.3, 0.4) is 0 Å². The number of carbonyl (C=O) groups excluding carboxylic acids is 2. The van der Waals surface area contributed by atoms with Gasteiger partial charge in [-0.05, 0) is 31.0 Å². The summed E-state index contributed by atoms with van der Waals surface area (Å²) in [6.07, 6.45) is 0.864. The van der Waals surface area contributed by atoms with Crippen LogP contribution < -0.4 is 19.7 Å². The van der Waals surface area contributed by atoms with Crippen LogP contribution in [0.4, 0.5) is 5.82 Å². The highest BCUT2D eigenvalue weighted by molar-refractivity contribution is 6.00. The molecule has 8 nitrogen and oxygen atoms in total. The highest BCUT2D eigenvalue weighted by atomic mass is 16.7. The molecular formula is C19H22N4O4. The molecule has 8 heteroatoms. The van der Waals surface area contributed by atoms with Gasteiger partial charge in [0, 0.05) is 19.0 Å². The Balaban J connectivity index is 1.49. The summed E-state index contributed by atoms with van der Waals surface area (Å²) < 4.78 is 12.5. The van der Waals surface area contributed by atoms with Crippen LogP contribution in [-0.4, -0.2) is 34.4 Å². The summed E-state index contributed by atoms with van der Waals surface area (Å²) in [5.41, 5.74) is 1.74. The quantitative estimate of drug-likeness (QED) is 0.867. The Morgan fingerprint density at radius 3 is 2.93 bits per heavy atom. The fraction of sp³-hybridized carbons (Fsp3) is 0.421. The second-order valence-electron chi connectivity index (χ2n) is 6.71. The maximum atomic E-state index is 12.9. The second kappa shape index (κ2) is 6.94. The summed E-state index contributed by atoms with van der Waals surface area (Å²) >= 11 is 0. The van der Waals surface area contributed by atoms with E-state index in [1.54, 1.807) is 9.58 Å². The van der Waals surface area contributed by atoms with E-state index in [0.29, 0.717) is 43.2 Å². The molecule has 2 aliphatic heterocycles. The molecule has 0 saturated heterocycles. The molecule has 0 unspecified atom stereocenters. The van der Waals surface area contributed by atoms with Crippen molar-refractivity contribution in [2.24, 2.45) is 0 Å². The molecule has 0 aliphatic carbocycles. The van der Waals surface area contributed by atoms with Gasteiger partial charge in [-0.3, -0.25) is 14.5 Å². The van der Waals surface area contributed by atoms with Crippen molar-refractivity contribution in [3.63, 3.8) is 0 Å². The summed E-state index contributed by atoms with van der Waals surface area (Å²) in [5.74, 6) is 1.84. The van der Waals surface area contributed by atoms with Crippen LogP contribution in [-0.2, 0) is 22.7 Å². The Bertz CT molecular complexity index is 892. The number of ether oxygens (including phenoxy) is 2. The minimum atomic E-state index is -0.568. The van der Waals surface area contributed by atoms with E-state index in [2.05, 4.69) is 10.4 Å². The molecule has 1 N–H and O–H groups in total. The van der Waals surface area contributed by atoms with E-state index in [1.807, 2.05) is 38.1 Å². The van der Waals surface area contributed by atoms with Crippen molar-refractivity contribution in [1.82, 2.24) is 15.1 Å². The van der Waals surface area contributed by atoms with E-state index in [0.717, 1.165) is 11.3 Å². The largest absolute Gasteiger partial charge is 0.454 e. The lowest BCUT2D eigenvalue weighted by Crippen LogP contribution is -2.52. The van der Waals surface area contributed by atoms with Gasteiger partial charge in [0.25, 0.3) is 0 Å². The van der Waals surface area contributed by atoms with Crippen LogP contribution >= 0.6 is 0 Å². The van der Waals surface area contributed by atoms with Crippen LogP contribution in [0.2, 0.25) is 0 Å². The van der Waals surface area contributed by atoms with Crippen molar-refractivity contribution < 1.29 is 19.1 Å². The number of benzene rings is 1. The van der Waals surface area contributed by atoms with Crippen LogP contribution in [0.15, 0.2) is 24.3 Å². The molecule has 2 aromatic rings. The third-order valence-corrected chi connectivity index (χ3v) is 4.84. The number of anilines is 1. The van der Waals surface area contributed by atoms with Crippen molar-refractivity contribution in [2.45, 2.75) is 45.8 Å². The first-order chi connectivity index (χ1) is 13.1. The van der Waals surface area contributed by atoms with Gasteiger partial charge in [0.05, 0.1) is 12.2 Å². The lowest BCUT2D eigenvalue weighted by molar-refractivity contribution is -0.127. The molecule has 2 amide bonds. The van der Waals surface area contributed by atoms with E-state index < -0.39 is 6.04 Å². The first-order valence-electron chi connectivity index (χ1n) is 9.09. The Hall–Kier alpha value is -3.03. The molecular weight excluding hydrogens is 348 g/mol. The zero-order chi connectivity index (χ0) is 19.0. The third-order valence-electron chi connectivity index (χ3n) is 4.84. The highest BCUT2D eigenvalue weighted by Crippen LogP contribution is 2.32. The lowest BCUT2D eigenvalue weighted by atomic mass is 10.1. The minimum Gasteiger partial charge on any atom is -0.454 e. The van der Waals surface area contributed by atoms with E-state index in [4.69, 9.17) is 9.47 Å². The first-order valence-corrected chi connectivity index (χ1v) is 9.09. The Kier molecular flexibility index (Phi) is 4.47. The van der Waals surface area contributed by atoms with Crippen molar-refractivity contribution in [3.05, 3.63) is 35.5 Å². The molecule has 4 rings (SSSR count). The number of nitrogens with one attached hydrogen (secondary N) is 1. The number of hydrogen-bond donors (Lipinski definition) is 1. The fourth-order valence-electron chi connectivity index (χ4n) is 3.52. The summed E-state index contributed by atoms with van der Waals surface area (Å²) in [4.78, 5) is 27.0. The van der Waals surface area contributed by atoms with Crippen molar-refractivity contribution in [2.75, 3.05) is 11.7 Å². The van der Waals surface area contributed by atoms with E-state index in [1.165, 1.54) is 0 Å². The predicted octanol–water partition coefficient (Wildman–Crippen LogP) is 1.75. The van der Waals surface area contributed by atoms with E-state index >= 15 is 0 Å². The van der Waals surface area contributed by atoms with Crippen LogP contribution in [0.1, 0.15) is 31.0 Å². The molecule has 3 heterocycles. The fourth-order valence-corrected chi connectivity index (χ4v) is 3.52. The molecule has 1 aromatic heterocycles. The van der Waals surface area contributed by atoms with Gasteiger partial charge in [-0.15, -0.1) is 0 Å². The van der Waals surface area contributed by atoms with E-state index in [9.17, 15) is 9.59 Å². The standard InChI is InChI=1S/C19H22N4O4/c1-3-14(23-17-8-12(2)21-22(17)7-6-18(23)24)19(25)20-10-13-4-5-15-16(9-13)27-11-26-15/h4-5,8-9,14H,3,6-7,10-11H2,1-2H3,(H,20,25)/t14-/m1/s1. The predicted molar refractivity (Wildman–Crippen MR) is 97.6 cm³/mol. The third kappa shape index (κ3) is 3.22. The maximum Gasteiger partial charge on any atom is 0.243 e.